The normalized spacial score (nSPS) is 15.2. The summed E-state index contributed by atoms with van der Waals surface area (Å²) in [5.41, 5.74) is 0. The monoisotopic (exact) mass is 195 g/mol. The van der Waals surface area contributed by atoms with E-state index in [2.05, 4.69) is 0 Å². The molecule has 0 aromatic carbocycles. The molecule has 4 N–H and O–H groups in total. The van der Waals surface area contributed by atoms with E-state index in [1.165, 1.54) is 11.8 Å². The van der Waals surface area contributed by atoms with Gasteiger partial charge in [0.25, 0.3) is 0 Å². The average Bonchev–Trinajstić information content (AvgIpc) is 2.00. The van der Waals surface area contributed by atoms with Gasteiger partial charge in [0.05, 0.1) is 18.8 Å². The fourth-order valence-corrected chi connectivity index (χ4v) is 1.28. The Kier molecular flexibility index (Phi) is 5.87. The molecule has 5 nitrogen and oxygen atoms in total. The van der Waals surface area contributed by atoms with E-state index in [0.29, 0.717) is 5.75 Å². The third-order valence-corrected chi connectivity index (χ3v) is 1.98. The number of rotatable bonds is 5. The molecule has 0 spiro atoms. The Morgan fingerprint density at radius 1 is 1.67 bits per heavy atom. The van der Waals surface area contributed by atoms with Crippen molar-refractivity contribution in [1.29, 1.82) is 0 Å². The number of carbonyl (C=O) groups is 1. The van der Waals surface area contributed by atoms with Gasteiger partial charge in [-0.2, -0.15) is 11.8 Å². The molecule has 0 heterocycles. The van der Waals surface area contributed by atoms with E-state index >= 15 is 0 Å². The number of hydrogen-bond donors (Lipinski definition) is 4. The predicted molar refractivity (Wildman–Crippen MR) is 46.4 cm³/mol. The number of aliphatic hydroxyl groups is 2. The van der Waals surface area contributed by atoms with Crippen LogP contribution < -0.4 is 5.32 Å². The fraction of sp³-hybridized carbons (Fsp3) is 0.833. The molecule has 0 aliphatic rings. The average molecular weight is 195 g/mol. The summed E-state index contributed by atoms with van der Waals surface area (Å²) in [5.74, 6) is 0.394. The molecule has 12 heavy (non-hydrogen) atoms. The third-order valence-electron chi connectivity index (χ3n) is 1.31. The molecule has 1 amide bonds. The minimum atomic E-state index is -1.24. The number of hydrogen-bond acceptors (Lipinski definition) is 4. The zero-order valence-corrected chi connectivity index (χ0v) is 7.54. The largest absolute Gasteiger partial charge is 0.465 e. The van der Waals surface area contributed by atoms with Crippen LogP contribution in [0.15, 0.2) is 0 Å². The number of aliphatic hydroxyl groups excluding tert-OH is 2. The van der Waals surface area contributed by atoms with Gasteiger partial charge in [0.2, 0.25) is 0 Å². The summed E-state index contributed by atoms with van der Waals surface area (Å²) in [6, 6.07) is -0.796. The molecule has 6 heteroatoms. The van der Waals surface area contributed by atoms with E-state index in [4.69, 9.17) is 10.2 Å². The zero-order chi connectivity index (χ0) is 9.56. The number of amides is 1. The number of nitrogens with one attached hydrogen (secondary N) is 1. The second-order valence-electron chi connectivity index (χ2n) is 2.26. The molecule has 0 saturated heterocycles. The highest BCUT2D eigenvalue weighted by Crippen LogP contribution is 2.01. The lowest BCUT2D eigenvalue weighted by Gasteiger charge is -2.19. The fourth-order valence-electron chi connectivity index (χ4n) is 0.709. The van der Waals surface area contributed by atoms with Gasteiger partial charge in [-0.05, 0) is 6.26 Å². The van der Waals surface area contributed by atoms with Crippen molar-refractivity contribution in [2.75, 3.05) is 18.6 Å². The quantitative estimate of drug-likeness (QED) is 0.467. The highest BCUT2D eigenvalue weighted by molar-refractivity contribution is 7.98. The van der Waals surface area contributed by atoms with Gasteiger partial charge in [0, 0.05) is 5.75 Å². The van der Waals surface area contributed by atoms with Crippen LogP contribution in [0.2, 0.25) is 0 Å². The van der Waals surface area contributed by atoms with Crippen molar-refractivity contribution in [2.45, 2.75) is 12.1 Å². The molecule has 2 atom stereocenters. The van der Waals surface area contributed by atoms with Gasteiger partial charge in [-0.25, -0.2) is 4.79 Å². The maximum Gasteiger partial charge on any atom is 0.405 e. The van der Waals surface area contributed by atoms with E-state index in [9.17, 15) is 9.90 Å². The molecule has 0 radical (unpaired) electrons. The van der Waals surface area contributed by atoms with E-state index in [-0.39, 0.29) is 0 Å². The Morgan fingerprint density at radius 2 is 2.25 bits per heavy atom. The molecular formula is C6H13NO4S. The maximum atomic E-state index is 10.1. The molecule has 72 valence electrons. The van der Waals surface area contributed by atoms with Crippen molar-refractivity contribution < 1.29 is 20.1 Å². The van der Waals surface area contributed by atoms with Crippen LogP contribution in [0.3, 0.4) is 0 Å². The first kappa shape index (κ1) is 11.5. The highest BCUT2D eigenvalue weighted by Gasteiger charge is 2.19. The lowest BCUT2D eigenvalue weighted by molar-refractivity contribution is 0.102. The SMILES string of the molecule is CSCC(O)C(CO)NC(=O)O. The molecule has 0 aromatic rings. The van der Waals surface area contributed by atoms with Gasteiger partial charge >= 0.3 is 6.09 Å². The van der Waals surface area contributed by atoms with Gasteiger partial charge in [-0.1, -0.05) is 0 Å². The Morgan fingerprint density at radius 3 is 2.58 bits per heavy atom. The van der Waals surface area contributed by atoms with Gasteiger partial charge in [-0.3, -0.25) is 0 Å². The number of thioether (sulfide) groups is 1. The maximum absolute atomic E-state index is 10.1. The van der Waals surface area contributed by atoms with Crippen molar-refractivity contribution >= 4 is 17.9 Å². The summed E-state index contributed by atoms with van der Waals surface area (Å²) in [5, 5.41) is 28.2. The third kappa shape index (κ3) is 4.42. The Labute approximate surface area is 74.8 Å². The molecule has 0 aliphatic heterocycles. The summed E-state index contributed by atoms with van der Waals surface area (Å²) in [6.45, 7) is -0.395. The van der Waals surface area contributed by atoms with Crippen molar-refractivity contribution in [3.63, 3.8) is 0 Å². The van der Waals surface area contributed by atoms with Crippen molar-refractivity contribution in [2.24, 2.45) is 0 Å². The molecule has 0 rings (SSSR count). The summed E-state index contributed by atoms with van der Waals surface area (Å²) >= 11 is 1.39. The van der Waals surface area contributed by atoms with Crippen molar-refractivity contribution in [1.82, 2.24) is 5.32 Å². The zero-order valence-electron chi connectivity index (χ0n) is 6.73. The van der Waals surface area contributed by atoms with Gasteiger partial charge < -0.3 is 20.6 Å². The van der Waals surface area contributed by atoms with Gasteiger partial charge in [0.1, 0.15) is 0 Å². The molecule has 0 aliphatic carbocycles. The van der Waals surface area contributed by atoms with Crippen molar-refractivity contribution in [3.8, 4) is 0 Å². The van der Waals surface area contributed by atoms with Gasteiger partial charge in [0.15, 0.2) is 0 Å². The molecule has 2 unspecified atom stereocenters. The summed E-state index contributed by atoms with van der Waals surface area (Å²) < 4.78 is 0. The summed E-state index contributed by atoms with van der Waals surface area (Å²) in [7, 11) is 0. The van der Waals surface area contributed by atoms with Crippen LogP contribution in [0.5, 0.6) is 0 Å². The predicted octanol–water partition coefficient (Wildman–Crippen LogP) is -0.661. The standard InChI is InChI=1S/C6H13NO4S/c1-12-3-5(9)4(2-8)7-6(10)11/h4-5,7-9H,2-3H2,1H3,(H,10,11). The van der Waals surface area contributed by atoms with Crippen LogP contribution >= 0.6 is 11.8 Å². The molecular weight excluding hydrogens is 182 g/mol. The van der Waals surface area contributed by atoms with Crippen LogP contribution in [0.4, 0.5) is 4.79 Å². The van der Waals surface area contributed by atoms with Crippen LogP contribution in [-0.2, 0) is 0 Å². The Bertz CT molecular complexity index is 144. The van der Waals surface area contributed by atoms with E-state index < -0.39 is 24.8 Å². The molecule has 0 bridgehead atoms. The van der Waals surface area contributed by atoms with Crippen LogP contribution in [0.25, 0.3) is 0 Å². The first-order valence-corrected chi connectivity index (χ1v) is 4.78. The Balaban J connectivity index is 3.86. The summed E-state index contributed by atoms with van der Waals surface area (Å²) in [6.07, 6.45) is -0.298. The summed E-state index contributed by atoms with van der Waals surface area (Å²) in [4.78, 5) is 10.1. The molecule has 0 aromatic heterocycles. The minimum absolute atomic E-state index is 0.394. The van der Waals surface area contributed by atoms with Crippen LogP contribution in [0.1, 0.15) is 0 Å². The second kappa shape index (κ2) is 6.10. The van der Waals surface area contributed by atoms with Crippen molar-refractivity contribution in [3.05, 3.63) is 0 Å². The first-order chi connectivity index (χ1) is 5.61. The van der Waals surface area contributed by atoms with Gasteiger partial charge in [-0.15, -0.1) is 0 Å². The Hall–Kier alpha value is -0.460. The number of carboxylic acid groups (broad SMARTS) is 1. The highest BCUT2D eigenvalue weighted by atomic mass is 32.2. The molecule has 0 fully saturated rings. The first-order valence-electron chi connectivity index (χ1n) is 3.39. The smallest absolute Gasteiger partial charge is 0.405 e. The second-order valence-corrected chi connectivity index (χ2v) is 3.17. The molecule has 0 saturated carbocycles. The van der Waals surface area contributed by atoms with E-state index in [1.54, 1.807) is 6.26 Å². The lowest BCUT2D eigenvalue weighted by Crippen LogP contribution is -2.46. The topological polar surface area (TPSA) is 89.8 Å². The van der Waals surface area contributed by atoms with E-state index in [1.807, 2.05) is 5.32 Å². The van der Waals surface area contributed by atoms with Crippen LogP contribution in [-0.4, -0.2) is 52.2 Å². The van der Waals surface area contributed by atoms with Crippen LogP contribution in [0, 0.1) is 0 Å². The lowest BCUT2D eigenvalue weighted by atomic mass is 10.2. The minimum Gasteiger partial charge on any atom is -0.465 e. The van der Waals surface area contributed by atoms with E-state index in [0.717, 1.165) is 0 Å².